The minimum Gasteiger partial charge on any atom is -0.481 e. The molecule has 0 aromatic heterocycles. The van der Waals surface area contributed by atoms with Crippen LogP contribution in [0.25, 0.3) is 0 Å². The summed E-state index contributed by atoms with van der Waals surface area (Å²) in [7, 11) is 1.98. The molecule has 1 fully saturated rings. The molecule has 0 spiro atoms. The quantitative estimate of drug-likeness (QED) is 0.225. The highest BCUT2D eigenvalue weighted by Crippen LogP contribution is 2.38. The Labute approximate surface area is 246 Å². The highest BCUT2D eigenvalue weighted by Gasteiger charge is 2.34. The SMILES string of the molecule is C[C@H]([C@@H](O)c1ccccc1)N(C)C[C@H]1C[C@@H](c2ccc(CO)cc2)O[C@@H](c2ccc(NC(=O)CCCC(=O)O)cc2)O1. The second kappa shape index (κ2) is 15.0. The molecule has 3 aromatic rings. The molecule has 1 heterocycles. The van der Waals surface area contributed by atoms with Crippen LogP contribution in [0.3, 0.4) is 0 Å². The number of ether oxygens (including phenoxy) is 2. The number of carboxylic acids is 1. The number of carbonyl (C=O) groups excluding carboxylic acids is 1. The highest BCUT2D eigenvalue weighted by molar-refractivity contribution is 5.90. The number of hydrogen-bond donors (Lipinski definition) is 4. The molecule has 0 aliphatic carbocycles. The Morgan fingerprint density at radius 3 is 2.26 bits per heavy atom. The third kappa shape index (κ3) is 8.70. The molecule has 0 saturated carbocycles. The fourth-order valence-electron chi connectivity index (χ4n) is 5.04. The van der Waals surface area contributed by atoms with Crippen molar-refractivity contribution in [2.24, 2.45) is 0 Å². The normalized spacial score (nSPS) is 20.2. The molecule has 4 N–H and O–H groups in total. The summed E-state index contributed by atoms with van der Waals surface area (Å²) < 4.78 is 12.9. The molecule has 1 amide bonds. The van der Waals surface area contributed by atoms with Crippen LogP contribution in [0, 0.1) is 0 Å². The first-order valence-corrected chi connectivity index (χ1v) is 14.3. The van der Waals surface area contributed by atoms with Gasteiger partial charge in [-0.2, -0.15) is 0 Å². The van der Waals surface area contributed by atoms with Gasteiger partial charge in [-0.1, -0.05) is 66.7 Å². The van der Waals surface area contributed by atoms with E-state index in [9.17, 15) is 19.8 Å². The fraction of sp³-hybridized carbons (Fsp3) is 0.394. The maximum atomic E-state index is 12.2. The summed E-state index contributed by atoms with van der Waals surface area (Å²) in [5, 5.41) is 32.0. The molecule has 42 heavy (non-hydrogen) atoms. The van der Waals surface area contributed by atoms with Crippen LogP contribution in [-0.2, 0) is 25.7 Å². The third-order valence-electron chi connectivity index (χ3n) is 7.66. The van der Waals surface area contributed by atoms with Gasteiger partial charge in [0, 0.05) is 43.1 Å². The topological polar surface area (TPSA) is 129 Å². The number of benzene rings is 3. The lowest BCUT2D eigenvalue weighted by Gasteiger charge is -2.39. The minimum atomic E-state index is -0.923. The van der Waals surface area contributed by atoms with Crippen LogP contribution in [0.5, 0.6) is 0 Å². The number of aliphatic carboxylic acids is 1. The standard InChI is InChI=1S/C33H40N2O7/c1-22(32(40)25-7-4-3-5-8-25)35(2)20-28-19-29(24-13-11-23(21-36)12-14-24)42-33(41-28)26-15-17-27(18-16-26)34-30(37)9-6-10-31(38)39/h3-5,7-8,11-18,22,28-29,32-33,36,40H,6,9-10,19-21H2,1-2H3,(H,34,37)(H,38,39)/t22-,28-,29+,32-,33+/m1/s1. The van der Waals surface area contributed by atoms with Crippen molar-refractivity contribution in [3.63, 3.8) is 0 Å². The number of hydrogen-bond acceptors (Lipinski definition) is 7. The van der Waals surface area contributed by atoms with Crippen molar-refractivity contribution in [2.45, 2.75) is 69.9 Å². The summed E-state index contributed by atoms with van der Waals surface area (Å²) in [6, 6.07) is 24.4. The number of amides is 1. The maximum absolute atomic E-state index is 12.2. The van der Waals surface area contributed by atoms with E-state index < -0.39 is 18.4 Å². The fourth-order valence-corrected chi connectivity index (χ4v) is 5.04. The van der Waals surface area contributed by atoms with Crippen molar-refractivity contribution in [1.29, 1.82) is 0 Å². The van der Waals surface area contributed by atoms with E-state index >= 15 is 0 Å². The zero-order valence-electron chi connectivity index (χ0n) is 24.1. The second-order valence-corrected chi connectivity index (χ2v) is 10.8. The third-order valence-corrected chi connectivity index (χ3v) is 7.66. The molecule has 3 aromatic carbocycles. The van der Waals surface area contributed by atoms with Gasteiger partial charge in [0.1, 0.15) is 0 Å². The van der Waals surface area contributed by atoms with Crippen LogP contribution in [0.15, 0.2) is 78.9 Å². The first-order chi connectivity index (χ1) is 20.2. The Morgan fingerprint density at radius 2 is 1.62 bits per heavy atom. The number of nitrogens with one attached hydrogen (secondary N) is 1. The van der Waals surface area contributed by atoms with Crippen LogP contribution in [0.1, 0.15) is 73.4 Å². The molecular formula is C33H40N2O7. The smallest absolute Gasteiger partial charge is 0.303 e. The van der Waals surface area contributed by atoms with Gasteiger partial charge in [-0.25, -0.2) is 0 Å². The molecule has 1 aliphatic rings. The van der Waals surface area contributed by atoms with E-state index in [2.05, 4.69) is 10.2 Å². The van der Waals surface area contributed by atoms with Gasteiger partial charge >= 0.3 is 5.97 Å². The molecule has 9 heteroatoms. The van der Waals surface area contributed by atoms with Gasteiger partial charge in [-0.05, 0) is 49.2 Å². The number of carboxylic acid groups (broad SMARTS) is 1. The van der Waals surface area contributed by atoms with E-state index in [0.717, 1.165) is 22.3 Å². The van der Waals surface area contributed by atoms with Crippen LogP contribution >= 0.6 is 0 Å². The van der Waals surface area contributed by atoms with Gasteiger partial charge in [0.2, 0.25) is 5.91 Å². The van der Waals surface area contributed by atoms with E-state index in [1.807, 2.05) is 80.7 Å². The Kier molecular flexibility index (Phi) is 11.2. The van der Waals surface area contributed by atoms with E-state index in [0.29, 0.717) is 18.7 Å². The molecule has 5 atom stereocenters. The number of nitrogens with zero attached hydrogens (tertiary/aromatic N) is 1. The average molecular weight is 577 g/mol. The Morgan fingerprint density at radius 1 is 0.952 bits per heavy atom. The molecule has 9 nitrogen and oxygen atoms in total. The zero-order chi connectivity index (χ0) is 30.1. The summed E-state index contributed by atoms with van der Waals surface area (Å²) in [5.74, 6) is -1.16. The molecule has 4 rings (SSSR count). The average Bonchev–Trinajstić information content (AvgIpc) is 3.00. The van der Waals surface area contributed by atoms with Crippen molar-refractivity contribution in [1.82, 2.24) is 4.90 Å². The summed E-state index contributed by atoms with van der Waals surface area (Å²) in [4.78, 5) is 25.0. The number of anilines is 1. The monoisotopic (exact) mass is 576 g/mol. The van der Waals surface area contributed by atoms with Crippen LogP contribution in [0.2, 0.25) is 0 Å². The van der Waals surface area contributed by atoms with Crippen molar-refractivity contribution >= 4 is 17.6 Å². The molecule has 224 valence electrons. The Bertz CT molecular complexity index is 1280. The van der Waals surface area contributed by atoms with Gasteiger partial charge in [0.25, 0.3) is 0 Å². The number of likely N-dealkylation sites (N-methyl/N-ethyl adjacent to an activating group) is 1. The van der Waals surface area contributed by atoms with E-state index in [-0.39, 0.29) is 50.0 Å². The summed E-state index contributed by atoms with van der Waals surface area (Å²) in [5.41, 5.74) is 4.06. The number of aliphatic hydroxyl groups excluding tert-OH is 2. The largest absolute Gasteiger partial charge is 0.481 e. The molecular weight excluding hydrogens is 536 g/mol. The number of carbonyl (C=O) groups is 2. The van der Waals surface area contributed by atoms with E-state index in [4.69, 9.17) is 14.6 Å². The maximum Gasteiger partial charge on any atom is 0.303 e. The Hall–Kier alpha value is -3.60. The van der Waals surface area contributed by atoms with Gasteiger partial charge in [0.15, 0.2) is 6.29 Å². The van der Waals surface area contributed by atoms with E-state index in [1.54, 1.807) is 12.1 Å². The van der Waals surface area contributed by atoms with Gasteiger partial charge in [-0.3, -0.25) is 14.5 Å². The number of rotatable bonds is 13. The van der Waals surface area contributed by atoms with E-state index in [1.165, 1.54) is 0 Å². The van der Waals surface area contributed by atoms with Crippen molar-refractivity contribution < 1.29 is 34.4 Å². The second-order valence-electron chi connectivity index (χ2n) is 10.8. The predicted molar refractivity (Wildman–Crippen MR) is 158 cm³/mol. The van der Waals surface area contributed by atoms with Crippen molar-refractivity contribution in [3.8, 4) is 0 Å². The lowest BCUT2D eigenvalue weighted by Crippen LogP contribution is -2.43. The van der Waals surface area contributed by atoms with Crippen molar-refractivity contribution in [3.05, 3.63) is 101 Å². The lowest BCUT2D eigenvalue weighted by atomic mass is 9.98. The molecule has 1 saturated heterocycles. The highest BCUT2D eigenvalue weighted by atomic mass is 16.7. The number of aliphatic hydroxyl groups is 2. The summed E-state index contributed by atoms with van der Waals surface area (Å²) in [6.07, 6.45) is -0.791. The Balaban J connectivity index is 1.46. The predicted octanol–water partition coefficient (Wildman–Crippen LogP) is 4.97. The van der Waals surface area contributed by atoms with Crippen LogP contribution < -0.4 is 5.32 Å². The first kappa shape index (κ1) is 31.3. The molecule has 1 aliphatic heterocycles. The van der Waals surface area contributed by atoms with Gasteiger partial charge in [-0.15, -0.1) is 0 Å². The van der Waals surface area contributed by atoms with Crippen molar-refractivity contribution in [2.75, 3.05) is 18.9 Å². The molecule has 0 unspecified atom stereocenters. The van der Waals surface area contributed by atoms with Crippen LogP contribution in [-0.4, -0.2) is 57.8 Å². The van der Waals surface area contributed by atoms with Gasteiger partial charge < -0.3 is 30.1 Å². The summed E-state index contributed by atoms with van der Waals surface area (Å²) >= 11 is 0. The molecule has 0 bridgehead atoms. The summed E-state index contributed by atoms with van der Waals surface area (Å²) in [6.45, 7) is 2.53. The lowest BCUT2D eigenvalue weighted by molar-refractivity contribution is -0.253. The van der Waals surface area contributed by atoms with Crippen LogP contribution in [0.4, 0.5) is 5.69 Å². The zero-order valence-corrected chi connectivity index (χ0v) is 24.1. The first-order valence-electron chi connectivity index (χ1n) is 14.3. The minimum absolute atomic E-state index is 0.0327. The molecule has 0 radical (unpaired) electrons. The van der Waals surface area contributed by atoms with Gasteiger partial charge in [0.05, 0.1) is 24.9 Å².